The Hall–Kier alpha value is -3.94. The van der Waals surface area contributed by atoms with Gasteiger partial charge in [0.05, 0.1) is 25.0 Å². The minimum absolute atomic E-state index is 0.000480. The summed E-state index contributed by atoms with van der Waals surface area (Å²) in [7, 11) is 1.86. The third-order valence-electron chi connectivity index (χ3n) is 5.80. The fourth-order valence-electron chi connectivity index (χ4n) is 3.79. The summed E-state index contributed by atoms with van der Waals surface area (Å²) < 4.78 is 1.85. The van der Waals surface area contributed by atoms with E-state index in [-0.39, 0.29) is 24.9 Å². The van der Waals surface area contributed by atoms with Crippen LogP contribution in [0.25, 0.3) is 11.3 Å². The van der Waals surface area contributed by atoms with Crippen LogP contribution in [0, 0.1) is 20.8 Å². The third kappa shape index (κ3) is 3.99. The van der Waals surface area contributed by atoms with E-state index >= 15 is 0 Å². The van der Waals surface area contributed by atoms with Crippen LogP contribution in [-0.2, 0) is 18.4 Å². The number of imidazole rings is 1. The van der Waals surface area contributed by atoms with Gasteiger partial charge in [0.15, 0.2) is 0 Å². The van der Waals surface area contributed by atoms with E-state index in [0.717, 1.165) is 21.7 Å². The topological polar surface area (TPSA) is 96.3 Å². The van der Waals surface area contributed by atoms with E-state index in [9.17, 15) is 14.4 Å². The standard InChI is InChI=1S/C24H25N5O3/c1-14-8-16(3)19(9-15(14)2)20-11-25-23(28(20)4)27-22(31)18-7-5-6-17(10-18)13-29-21(30)12-26-24(29)32/h5-11H,12-13H2,1-4H3,(H,26,32)(H,25,27,31). The molecule has 8 nitrogen and oxygen atoms in total. The van der Waals surface area contributed by atoms with Gasteiger partial charge in [0.2, 0.25) is 11.9 Å². The van der Waals surface area contributed by atoms with Crippen LogP contribution in [0.5, 0.6) is 0 Å². The quantitative estimate of drug-likeness (QED) is 0.606. The van der Waals surface area contributed by atoms with Gasteiger partial charge in [-0.1, -0.05) is 18.2 Å². The minimum atomic E-state index is -0.424. The van der Waals surface area contributed by atoms with E-state index in [4.69, 9.17) is 0 Å². The third-order valence-corrected chi connectivity index (χ3v) is 5.80. The van der Waals surface area contributed by atoms with Crippen LogP contribution in [0.15, 0.2) is 42.6 Å². The Bertz CT molecular complexity index is 1230. The molecule has 32 heavy (non-hydrogen) atoms. The highest BCUT2D eigenvalue weighted by molar-refractivity contribution is 6.04. The molecule has 1 saturated heterocycles. The lowest BCUT2D eigenvalue weighted by atomic mass is 9.99. The minimum Gasteiger partial charge on any atom is -0.329 e. The first kappa shape index (κ1) is 21.3. The highest BCUT2D eigenvalue weighted by Crippen LogP contribution is 2.28. The molecule has 1 aliphatic heterocycles. The van der Waals surface area contributed by atoms with Crippen molar-refractivity contribution in [3.05, 3.63) is 70.4 Å². The Balaban J connectivity index is 1.54. The molecule has 0 saturated carbocycles. The molecule has 0 aliphatic carbocycles. The molecule has 2 aromatic carbocycles. The van der Waals surface area contributed by atoms with E-state index < -0.39 is 6.03 Å². The second-order valence-corrected chi connectivity index (χ2v) is 8.07. The average Bonchev–Trinajstić information content (AvgIpc) is 3.27. The molecule has 3 aromatic rings. The number of aryl methyl sites for hydroxylation is 3. The van der Waals surface area contributed by atoms with Crippen molar-refractivity contribution in [3.63, 3.8) is 0 Å². The number of urea groups is 1. The molecule has 4 amide bonds. The van der Waals surface area contributed by atoms with Crippen molar-refractivity contribution >= 4 is 23.8 Å². The zero-order valence-corrected chi connectivity index (χ0v) is 18.5. The van der Waals surface area contributed by atoms with Gasteiger partial charge in [0, 0.05) is 18.2 Å². The maximum atomic E-state index is 12.9. The van der Waals surface area contributed by atoms with Crippen molar-refractivity contribution in [2.75, 3.05) is 11.9 Å². The zero-order valence-electron chi connectivity index (χ0n) is 18.5. The molecule has 1 aromatic heterocycles. The van der Waals surface area contributed by atoms with Crippen molar-refractivity contribution in [3.8, 4) is 11.3 Å². The van der Waals surface area contributed by atoms with Gasteiger partial charge in [-0.25, -0.2) is 9.78 Å². The number of nitrogens with zero attached hydrogens (tertiary/aromatic N) is 3. The molecule has 0 radical (unpaired) electrons. The molecular formula is C24H25N5O3. The molecule has 2 N–H and O–H groups in total. The number of amides is 4. The highest BCUT2D eigenvalue weighted by Gasteiger charge is 2.28. The second kappa shape index (κ2) is 8.30. The van der Waals surface area contributed by atoms with E-state index in [0.29, 0.717) is 17.1 Å². The van der Waals surface area contributed by atoms with Crippen LogP contribution >= 0.6 is 0 Å². The fraction of sp³-hybridized carbons (Fsp3) is 0.250. The van der Waals surface area contributed by atoms with Crippen LogP contribution in [0.4, 0.5) is 10.7 Å². The number of hydrogen-bond donors (Lipinski definition) is 2. The van der Waals surface area contributed by atoms with Gasteiger partial charge in [0.1, 0.15) is 0 Å². The number of nitrogens with one attached hydrogen (secondary N) is 2. The van der Waals surface area contributed by atoms with E-state index in [1.165, 1.54) is 11.1 Å². The van der Waals surface area contributed by atoms with Gasteiger partial charge >= 0.3 is 6.03 Å². The maximum absolute atomic E-state index is 12.9. The summed E-state index contributed by atoms with van der Waals surface area (Å²) >= 11 is 0. The number of anilines is 1. The normalized spacial score (nSPS) is 13.4. The lowest BCUT2D eigenvalue weighted by molar-refractivity contribution is -0.125. The Morgan fingerprint density at radius 2 is 1.84 bits per heavy atom. The Morgan fingerprint density at radius 1 is 1.09 bits per heavy atom. The number of carbonyl (C=O) groups excluding carboxylic acids is 3. The van der Waals surface area contributed by atoms with Gasteiger partial charge in [-0.2, -0.15) is 0 Å². The molecule has 0 spiro atoms. The van der Waals surface area contributed by atoms with Crippen LogP contribution < -0.4 is 10.6 Å². The largest absolute Gasteiger partial charge is 0.329 e. The van der Waals surface area contributed by atoms with Crippen molar-refractivity contribution < 1.29 is 14.4 Å². The van der Waals surface area contributed by atoms with Crippen molar-refractivity contribution in [1.29, 1.82) is 0 Å². The second-order valence-electron chi connectivity index (χ2n) is 8.07. The molecule has 4 rings (SSSR count). The summed E-state index contributed by atoms with van der Waals surface area (Å²) in [5.74, 6) is -0.171. The summed E-state index contributed by atoms with van der Waals surface area (Å²) in [5, 5.41) is 5.34. The first-order valence-corrected chi connectivity index (χ1v) is 10.3. The summed E-state index contributed by atoms with van der Waals surface area (Å²) in [5.41, 5.74) is 6.65. The lowest BCUT2D eigenvalue weighted by Crippen LogP contribution is -2.30. The van der Waals surface area contributed by atoms with Crippen LogP contribution in [-0.4, -0.2) is 38.8 Å². The van der Waals surface area contributed by atoms with E-state index in [1.54, 1.807) is 30.5 Å². The monoisotopic (exact) mass is 431 g/mol. The SMILES string of the molecule is Cc1cc(C)c(-c2cnc(NC(=O)c3cccc(CN4C(=O)CNC4=O)c3)n2C)cc1C. The molecule has 8 heteroatoms. The number of imide groups is 1. The first-order valence-electron chi connectivity index (χ1n) is 10.3. The molecule has 1 fully saturated rings. The van der Waals surface area contributed by atoms with Gasteiger partial charge in [-0.15, -0.1) is 0 Å². The number of aromatic nitrogens is 2. The summed E-state index contributed by atoms with van der Waals surface area (Å²) in [4.78, 5) is 42.0. The molecule has 164 valence electrons. The Labute approximate surface area is 186 Å². The fourth-order valence-corrected chi connectivity index (χ4v) is 3.79. The van der Waals surface area contributed by atoms with Crippen LogP contribution in [0.2, 0.25) is 0 Å². The molecule has 1 aliphatic rings. The van der Waals surface area contributed by atoms with Gasteiger partial charge in [-0.05, 0) is 61.2 Å². The van der Waals surface area contributed by atoms with Crippen molar-refractivity contribution in [1.82, 2.24) is 19.8 Å². The smallest absolute Gasteiger partial charge is 0.324 e. The molecular weight excluding hydrogens is 406 g/mol. The molecule has 2 heterocycles. The zero-order chi connectivity index (χ0) is 23.0. The summed E-state index contributed by atoms with van der Waals surface area (Å²) in [6.07, 6.45) is 1.75. The van der Waals surface area contributed by atoms with Crippen LogP contribution in [0.1, 0.15) is 32.6 Å². The summed E-state index contributed by atoms with van der Waals surface area (Å²) in [6.45, 7) is 6.33. The van der Waals surface area contributed by atoms with Gasteiger partial charge in [-0.3, -0.25) is 19.8 Å². The number of hydrogen-bond acceptors (Lipinski definition) is 4. The predicted molar refractivity (Wildman–Crippen MR) is 121 cm³/mol. The van der Waals surface area contributed by atoms with Gasteiger partial charge in [0.25, 0.3) is 5.91 Å². The maximum Gasteiger partial charge on any atom is 0.324 e. The highest BCUT2D eigenvalue weighted by atomic mass is 16.2. The lowest BCUT2D eigenvalue weighted by Gasteiger charge is -2.13. The predicted octanol–water partition coefficient (Wildman–Crippen LogP) is 3.32. The molecule has 0 atom stereocenters. The average molecular weight is 431 g/mol. The summed E-state index contributed by atoms with van der Waals surface area (Å²) in [6, 6.07) is 10.7. The van der Waals surface area contributed by atoms with Crippen molar-refractivity contribution in [2.24, 2.45) is 7.05 Å². The van der Waals surface area contributed by atoms with Crippen LogP contribution in [0.3, 0.4) is 0 Å². The van der Waals surface area contributed by atoms with E-state index in [1.807, 2.05) is 11.6 Å². The van der Waals surface area contributed by atoms with Crippen molar-refractivity contribution in [2.45, 2.75) is 27.3 Å². The van der Waals surface area contributed by atoms with E-state index in [2.05, 4.69) is 48.5 Å². The Kier molecular flexibility index (Phi) is 5.52. The number of rotatable bonds is 5. The molecule has 0 unspecified atom stereocenters. The molecule has 0 bridgehead atoms. The number of carbonyl (C=O) groups is 3. The first-order chi connectivity index (χ1) is 15.2. The number of benzene rings is 2. The Morgan fingerprint density at radius 3 is 2.56 bits per heavy atom. The van der Waals surface area contributed by atoms with Gasteiger partial charge < -0.3 is 9.88 Å².